The highest BCUT2D eigenvalue weighted by Gasteiger charge is 2.34. The number of aryl methyl sites for hydroxylation is 1. The van der Waals surface area contributed by atoms with Gasteiger partial charge in [0.05, 0.1) is 17.1 Å². The molecule has 7 heteroatoms. The average molecular weight is 394 g/mol. The number of hydrogen-bond acceptors (Lipinski definition) is 6. The van der Waals surface area contributed by atoms with E-state index in [9.17, 15) is 0 Å². The molecule has 0 aliphatic carbocycles. The lowest BCUT2D eigenvalue weighted by Crippen LogP contribution is -2.39. The van der Waals surface area contributed by atoms with Crippen molar-refractivity contribution in [1.82, 2.24) is 4.98 Å². The highest BCUT2D eigenvalue weighted by atomic mass is 35.5. The molecule has 3 aromatic rings. The van der Waals surface area contributed by atoms with E-state index in [1.165, 1.54) is 0 Å². The molecule has 0 bridgehead atoms. The van der Waals surface area contributed by atoms with Crippen molar-refractivity contribution in [3.8, 4) is 5.75 Å². The molecule has 6 nitrogen and oxygen atoms in total. The maximum absolute atomic E-state index is 6.66. The van der Waals surface area contributed by atoms with E-state index in [0.29, 0.717) is 23.1 Å². The summed E-state index contributed by atoms with van der Waals surface area (Å²) in [4.78, 5) is 8.89. The molecule has 2 aromatic carbocycles. The minimum Gasteiger partial charge on any atom is -0.486 e. The standard InChI is InChI=1S/C21H20ClN5O/c1-13-3-2-4-16(27-13)11-28-20-8-5-14(9-18(20)22)21(24)17-10-15(23)6-7-19(17)25-12-26-21/h2-10,12H,11,23-24H2,1H3,(H,25,26). The molecule has 0 saturated heterocycles. The third-order valence-corrected chi connectivity index (χ3v) is 4.93. The van der Waals surface area contributed by atoms with Crippen LogP contribution in [0.1, 0.15) is 22.5 Å². The van der Waals surface area contributed by atoms with E-state index >= 15 is 0 Å². The lowest BCUT2D eigenvalue weighted by Gasteiger charge is -2.31. The lowest BCUT2D eigenvalue weighted by molar-refractivity contribution is 0.301. The number of anilines is 2. The van der Waals surface area contributed by atoms with Crippen molar-refractivity contribution >= 4 is 29.3 Å². The molecule has 5 N–H and O–H groups in total. The van der Waals surface area contributed by atoms with Crippen LogP contribution in [0.3, 0.4) is 0 Å². The molecule has 0 saturated carbocycles. The number of nitrogens with two attached hydrogens (primary N) is 2. The number of ether oxygens (including phenoxy) is 1. The third-order valence-electron chi connectivity index (χ3n) is 4.64. The highest BCUT2D eigenvalue weighted by molar-refractivity contribution is 6.32. The second-order valence-corrected chi connectivity index (χ2v) is 7.09. The van der Waals surface area contributed by atoms with Crippen molar-refractivity contribution in [3.63, 3.8) is 0 Å². The second-order valence-electron chi connectivity index (χ2n) is 6.68. The van der Waals surface area contributed by atoms with E-state index < -0.39 is 5.66 Å². The van der Waals surface area contributed by atoms with Crippen LogP contribution < -0.4 is 21.5 Å². The van der Waals surface area contributed by atoms with Crippen LogP contribution in [0.15, 0.2) is 59.6 Å². The lowest BCUT2D eigenvalue weighted by atomic mass is 9.90. The summed E-state index contributed by atoms with van der Waals surface area (Å²) < 4.78 is 5.84. The van der Waals surface area contributed by atoms with Crippen LogP contribution in [0.25, 0.3) is 0 Å². The molecule has 1 aliphatic rings. The van der Waals surface area contributed by atoms with Crippen molar-refractivity contribution in [2.24, 2.45) is 10.7 Å². The highest BCUT2D eigenvalue weighted by Crippen LogP contribution is 2.39. The zero-order chi connectivity index (χ0) is 19.7. The molecule has 0 spiro atoms. The third kappa shape index (κ3) is 3.40. The molecule has 142 valence electrons. The number of nitrogens with zero attached hydrogens (tertiary/aromatic N) is 2. The molecular weight excluding hydrogens is 374 g/mol. The van der Waals surface area contributed by atoms with Crippen molar-refractivity contribution < 1.29 is 4.74 Å². The Morgan fingerprint density at radius 3 is 2.79 bits per heavy atom. The first kappa shape index (κ1) is 18.3. The Hall–Kier alpha value is -3.09. The fraction of sp³-hybridized carbons (Fsp3) is 0.143. The smallest absolute Gasteiger partial charge is 0.163 e. The van der Waals surface area contributed by atoms with Gasteiger partial charge in [0, 0.05) is 28.2 Å². The van der Waals surface area contributed by atoms with E-state index in [2.05, 4.69) is 15.3 Å². The van der Waals surface area contributed by atoms with Crippen molar-refractivity contribution in [2.45, 2.75) is 19.2 Å². The molecule has 1 atom stereocenters. The van der Waals surface area contributed by atoms with Crippen molar-refractivity contribution in [2.75, 3.05) is 11.1 Å². The molecule has 2 heterocycles. The van der Waals surface area contributed by atoms with Crippen LogP contribution in [0.5, 0.6) is 5.75 Å². The van der Waals surface area contributed by atoms with Crippen LogP contribution in [-0.2, 0) is 12.3 Å². The molecule has 0 amide bonds. The quantitative estimate of drug-likeness (QED) is 0.585. The number of aliphatic imine (C=N–C) groups is 1. The first-order chi connectivity index (χ1) is 13.5. The number of pyridine rings is 1. The van der Waals surface area contributed by atoms with Crippen LogP contribution in [0.4, 0.5) is 11.4 Å². The predicted molar refractivity (Wildman–Crippen MR) is 113 cm³/mol. The summed E-state index contributed by atoms with van der Waals surface area (Å²) in [6.07, 6.45) is 1.58. The van der Waals surface area contributed by atoms with E-state index in [1.807, 2.05) is 49.4 Å². The van der Waals surface area contributed by atoms with Crippen LogP contribution in [-0.4, -0.2) is 11.3 Å². The van der Waals surface area contributed by atoms with Gasteiger partial charge < -0.3 is 15.8 Å². The van der Waals surface area contributed by atoms with Gasteiger partial charge in [-0.15, -0.1) is 0 Å². The first-order valence-corrected chi connectivity index (χ1v) is 9.18. The Labute approximate surface area is 168 Å². The molecular formula is C21H20ClN5O. The number of rotatable bonds is 4. The number of aromatic nitrogens is 1. The Balaban J connectivity index is 1.62. The molecule has 1 aromatic heterocycles. The number of halogens is 1. The van der Waals surface area contributed by atoms with Crippen LogP contribution in [0, 0.1) is 6.92 Å². The van der Waals surface area contributed by atoms with Gasteiger partial charge in [-0.25, -0.2) is 4.99 Å². The topological polar surface area (TPSA) is 98.5 Å². The fourth-order valence-electron chi connectivity index (χ4n) is 3.19. The Kier molecular flexibility index (Phi) is 4.66. The summed E-state index contributed by atoms with van der Waals surface area (Å²) in [6.45, 7) is 2.27. The van der Waals surface area contributed by atoms with Crippen molar-refractivity contribution in [3.05, 3.63) is 82.1 Å². The number of nitrogen functional groups attached to an aromatic ring is 1. The number of fused-ring (bicyclic) bond motifs is 1. The summed E-state index contributed by atoms with van der Waals surface area (Å²) >= 11 is 6.47. The van der Waals surface area contributed by atoms with Crippen molar-refractivity contribution in [1.29, 1.82) is 0 Å². The minimum absolute atomic E-state index is 0.329. The SMILES string of the molecule is Cc1cccc(COc2ccc(C3(N)N=CNc4ccc(N)cc43)cc2Cl)n1. The molecule has 0 radical (unpaired) electrons. The zero-order valence-electron chi connectivity index (χ0n) is 15.3. The van der Waals surface area contributed by atoms with Gasteiger partial charge in [-0.3, -0.25) is 10.7 Å². The first-order valence-electron chi connectivity index (χ1n) is 8.80. The van der Waals surface area contributed by atoms with Gasteiger partial charge in [-0.2, -0.15) is 0 Å². The maximum Gasteiger partial charge on any atom is 0.163 e. The molecule has 28 heavy (non-hydrogen) atoms. The van der Waals surface area contributed by atoms with Gasteiger partial charge in [0.2, 0.25) is 0 Å². The monoisotopic (exact) mass is 393 g/mol. The fourth-order valence-corrected chi connectivity index (χ4v) is 3.43. The molecule has 1 unspecified atom stereocenters. The van der Waals surface area contributed by atoms with Crippen LogP contribution >= 0.6 is 11.6 Å². The Morgan fingerprint density at radius 2 is 2.00 bits per heavy atom. The summed E-state index contributed by atoms with van der Waals surface area (Å²) in [5.74, 6) is 0.558. The van der Waals surface area contributed by atoms with Gasteiger partial charge in [0.15, 0.2) is 5.66 Å². The number of nitrogens with one attached hydrogen (secondary N) is 1. The normalized spacial score (nSPS) is 17.7. The average Bonchev–Trinajstić information content (AvgIpc) is 2.68. The van der Waals surface area contributed by atoms with Gasteiger partial charge in [0.25, 0.3) is 0 Å². The van der Waals surface area contributed by atoms with Crippen LogP contribution in [0.2, 0.25) is 5.02 Å². The van der Waals surface area contributed by atoms with E-state index in [-0.39, 0.29) is 0 Å². The largest absolute Gasteiger partial charge is 0.486 e. The molecule has 4 rings (SSSR count). The van der Waals surface area contributed by atoms with Gasteiger partial charge in [-0.05, 0) is 49.4 Å². The molecule has 0 fully saturated rings. The molecule has 1 aliphatic heterocycles. The Bertz CT molecular complexity index is 1070. The summed E-state index contributed by atoms with van der Waals surface area (Å²) in [6, 6.07) is 16.7. The van der Waals surface area contributed by atoms with E-state index in [1.54, 1.807) is 18.5 Å². The summed E-state index contributed by atoms with van der Waals surface area (Å²) in [5, 5.41) is 3.54. The zero-order valence-corrected chi connectivity index (χ0v) is 16.1. The predicted octanol–water partition coefficient (Wildman–Crippen LogP) is 3.82. The van der Waals surface area contributed by atoms with Gasteiger partial charge in [-0.1, -0.05) is 23.7 Å². The van der Waals surface area contributed by atoms with Gasteiger partial charge in [0.1, 0.15) is 12.4 Å². The minimum atomic E-state index is -1.09. The number of hydrogen-bond donors (Lipinski definition) is 3. The summed E-state index contributed by atoms with van der Waals surface area (Å²) in [7, 11) is 0. The Morgan fingerprint density at radius 1 is 1.14 bits per heavy atom. The number of benzene rings is 2. The summed E-state index contributed by atoms with van der Waals surface area (Å²) in [5.41, 5.74) is 16.3. The maximum atomic E-state index is 6.66. The van der Waals surface area contributed by atoms with E-state index in [4.69, 9.17) is 27.8 Å². The van der Waals surface area contributed by atoms with E-state index in [0.717, 1.165) is 28.2 Å². The second kappa shape index (κ2) is 7.14. The van der Waals surface area contributed by atoms with Gasteiger partial charge >= 0.3 is 0 Å².